The molecule has 0 bridgehead atoms. The Hall–Kier alpha value is -2.27. The third kappa shape index (κ3) is 5.79. The molecule has 2 aromatic rings. The summed E-state index contributed by atoms with van der Waals surface area (Å²) in [5.41, 5.74) is 1.21. The van der Waals surface area contributed by atoms with Crippen molar-refractivity contribution in [2.24, 2.45) is 0 Å². The lowest BCUT2D eigenvalue weighted by Crippen LogP contribution is -2.38. The minimum Gasteiger partial charge on any atom is -0.497 e. The quantitative estimate of drug-likeness (QED) is 0.789. The average Bonchev–Trinajstić information content (AvgIpc) is 2.61. The van der Waals surface area contributed by atoms with Crippen molar-refractivity contribution in [1.82, 2.24) is 10.2 Å². The third-order valence-corrected chi connectivity index (χ3v) is 3.84. The van der Waals surface area contributed by atoms with Crippen LogP contribution in [0.25, 0.3) is 0 Å². The second-order valence-corrected chi connectivity index (χ2v) is 5.48. The molecule has 0 heterocycles. The van der Waals surface area contributed by atoms with Crippen LogP contribution in [0.1, 0.15) is 5.56 Å². The van der Waals surface area contributed by atoms with Gasteiger partial charge in [-0.3, -0.25) is 0 Å². The maximum atomic E-state index is 5.70. The van der Waals surface area contributed by atoms with Gasteiger partial charge in [0.1, 0.15) is 18.1 Å². The monoisotopic (exact) mass is 330 g/mol. The molecule has 0 fully saturated rings. The lowest BCUT2D eigenvalue weighted by molar-refractivity contribution is 0.282. The molecule has 5 heteroatoms. The number of ether oxygens (including phenoxy) is 2. The molecule has 0 amide bonds. The first kappa shape index (κ1) is 17.1. The lowest BCUT2D eigenvalue weighted by atomic mass is 10.2. The number of hydrogen-bond acceptors (Lipinski definition) is 3. The first-order valence-corrected chi connectivity index (χ1v) is 7.89. The Bertz CT molecular complexity index is 602. The molecule has 0 radical (unpaired) electrons. The van der Waals surface area contributed by atoms with E-state index in [2.05, 4.69) is 17.4 Å². The Morgan fingerprint density at radius 2 is 1.70 bits per heavy atom. The zero-order valence-electron chi connectivity index (χ0n) is 13.5. The molecule has 0 saturated carbocycles. The summed E-state index contributed by atoms with van der Waals surface area (Å²) in [6.07, 6.45) is 0. The van der Waals surface area contributed by atoms with Gasteiger partial charge in [-0.15, -0.1) is 0 Å². The second-order valence-electron chi connectivity index (χ2n) is 5.09. The van der Waals surface area contributed by atoms with Crippen LogP contribution in [0.3, 0.4) is 0 Å². The number of nitrogens with one attached hydrogen (secondary N) is 1. The van der Waals surface area contributed by atoms with Crippen LogP contribution in [-0.4, -0.2) is 37.3 Å². The summed E-state index contributed by atoms with van der Waals surface area (Å²) in [6.45, 7) is 2.01. The molecule has 0 atom stereocenters. The van der Waals surface area contributed by atoms with Crippen molar-refractivity contribution < 1.29 is 9.47 Å². The van der Waals surface area contributed by atoms with Crippen LogP contribution in [0.4, 0.5) is 0 Å². The molecule has 0 aliphatic carbocycles. The van der Waals surface area contributed by atoms with Gasteiger partial charge >= 0.3 is 0 Å². The number of methoxy groups -OCH3 is 1. The van der Waals surface area contributed by atoms with Crippen LogP contribution in [0, 0.1) is 0 Å². The van der Waals surface area contributed by atoms with E-state index in [0.29, 0.717) is 18.3 Å². The van der Waals surface area contributed by atoms with Crippen molar-refractivity contribution in [3.8, 4) is 11.5 Å². The van der Waals surface area contributed by atoms with E-state index in [1.165, 1.54) is 5.56 Å². The maximum absolute atomic E-state index is 5.70. The summed E-state index contributed by atoms with van der Waals surface area (Å²) < 4.78 is 10.8. The largest absolute Gasteiger partial charge is 0.497 e. The summed E-state index contributed by atoms with van der Waals surface area (Å²) in [5.74, 6) is 1.64. The van der Waals surface area contributed by atoms with Gasteiger partial charge in [-0.05, 0) is 42.0 Å². The first-order chi connectivity index (χ1) is 11.2. The normalized spacial score (nSPS) is 10.0. The molecular weight excluding hydrogens is 308 g/mol. The molecule has 0 unspecified atom stereocenters. The van der Waals surface area contributed by atoms with Crippen molar-refractivity contribution in [1.29, 1.82) is 0 Å². The highest BCUT2D eigenvalue weighted by atomic mass is 32.1. The number of likely N-dealkylation sites (N-methyl/N-ethyl adjacent to an activating group) is 1. The smallest absolute Gasteiger partial charge is 0.169 e. The van der Waals surface area contributed by atoms with Gasteiger partial charge in [0.25, 0.3) is 0 Å². The van der Waals surface area contributed by atoms with Crippen molar-refractivity contribution in [3.63, 3.8) is 0 Å². The molecule has 4 nitrogen and oxygen atoms in total. The molecular formula is C18H22N2O2S. The summed E-state index contributed by atoms with van der Waals surface area (Å²) >= 11 is 5.38. The molecule has 0 aromatic heterocycles. The van der Waals surface area contributed by atoms with E-state index in [-0.39, 0.29) is 0 Å². The highest BCUT2D eigenvalue weighted by molar-refractivity contribution is 7.80. The van der Waals surface area contributed by atoms with E-state index in [9.17, 15) is 0 Å². The zero-order valence-corrected chi connectivity index (χ0v) is 14.3. The van der Waals surface area contributed by atoms with Crippen LogP contribution in [0.5, 0.6) is 11.5 Å². The van der Waals surface area contributed by atoms with Gasteiger partial charge in [0.05, 0.1) is 13.7 Å². The van der Waals surface area contributed by atoms with Gasteiger partial charge in [-0.2, -0.15) is 0 Å². The van der Waals surface area contributed by atoms with Gasteiger partial charge in [-0.25, -0.2) is 0 Å². The molecule has 0 saturated heterocycles. The lowest BCUT2D eigenvalue weighted by Gasteiger charge is -2.21. The number of rotatable bonds is 7. The fourth-order valence-corrected chi connectivity index (χ4v) is 2.15. The van der Waals surface area contributed by atoms with E-state index in [0.717, 1.165) is 18.0 Å². The Morgan fingerprint density at radius 1 is 1.04 bits per heavy atom. The minimum atomic E-state index is 0.565. The third-order valence-electron chi connectivity index (χ3n) is 3.39. The van der Waals surface area contributed by atoms with Gasteiger partial charge in [0.15, 0.2) is 5.11 Å². The topological polar surface area (TPSA) is 33.7 Å². The van der Waals surface area contributed by atoms with Crippen molar-refractivity contribution >= 4 is 17.3 Å². The van der Waals surface area contributed by atoms with Crippen LogP contribution in [0.2, 0.25) is 0 Å². The summed E-state index contributed by atoms with van der Waals surface area (Å²) in [4.78, 5) is 1.97. The van der Waals surface area contributed by atoms with Crippen molar-refractivity contribution in [3.05, 3.63) is 60.2 Å². The van der Waals surface area contributed by atoms with E-state index in [1.807, 2.05) is 54.4 Å². The Labute approximate surface area is 143 Å². The minimum absolute atomic E-state index is 0.565. The van der Waals surface area contributed by atoms with E-state index < -0.39 is 0 Å². The van der Waals surface area contributed by atoms with E-state index >= 15 is 0 Å². The van der Waals surface area contributed by atoms with Crippen molar-refractivity contribution in [2.75, 3.05) is 27.3 Å². The molecule has 2 rings (SSSR count). The number of nitrogens with zero attached hydrogens (tertiary/aromatic N) is 1. The summed E-state index contributed by atoms with van der Waals surface area (Å²) in [5, 5.41) is 3.96. The predicted molar refractivity (Wildman–Crippen MR) is 97.0 cm³/mol. The Kier molecular flexibility index (Phi) is 6.69. The number of hydrogen-bond donors (Lipinski definition) is 1. The SMILES string of the molecule is COc1ccc(OCCN(C)C(=S)NCc2ccccc2)cc1. The molecule has 122 valence electrons. The Balaban J connectivity index is 1.69. The fraction of sp³-hybridized carbons (Fsp3) is 0.278. The predicted octanol–water partition coefficient (Wildman–Crippen LogP) is 3.08. The van der Waals surface area contributed by atoms with Gasteiger partial charge in [0, 0.05) is 13.6 Å². The maximum Gasteiger partial charge on any atom is 0.169 e. The fourth-order valence-electron chi connectivity index (χ4n) is 1.98. The van der Waals surface area contributed by atoms with Crippen LogP contribution in [0.15, 0.2) is 54.6 Å². The highest BCUT2D eigenvalue weighted by Gasteiger charge is 2.04. The summed E-state index contributed by atoms with van der Waals surface area (Å²) in [7, 11) is 3.60. The van der Waals surface area contributed by atoms with Crippen LogP contribution < -0.4 is 14.8 Å². The second kappa shape index (κ2) is 9.00. The van der Waals surface area contributed by atoms with Gasteiger partial charge in [-0.1, -0.05) is 30.3 Å². The first-order valence-electron chi connectivity index (χ1n) is 7.49. The van der Waals surface area contributed by atoms with Crippen LogP contribution >= 0.6 is 12.2 Å². The van der Waals surface area contributed by atoms with Crippen molar-refractivity contribution in [2.45, 2.75) is 6.54 Å². The molecule has 1 N–H and O–H groups in total. The molecule has 2 aromatic carbocycles. The van der Waals surface area contributed by atoms with E-state index in [4.69, 9.17) is 21.7 Å². The van der Waals surface area contributed by atoms with Gasteiger partial charge in [0.2, 0.25) is 0 Å². The van der Waals surface area contributed by atoms with Gasteiger partial charge < -0.3 is 19.7 Å². The van der Waals surface area contributed by atoms with E-state index in [1.54, 1.807) is 7.11 Å². The standard InChI is InChI=1S/C18H22N2O2S/c1-20(18(23)19-14-15-6-4-3-5-7-15)12-13-22-17-10-8-16(21-2)9-11-17/h3-11H,12-14H2,1-2H3,(H,19,23). The number of thiocarbonyl (C=S) groups is 1. The number of benzene rings is 2. The highest BCUT2D eigenvalue weighted by Crippen LogP contribution is 2.16. The Morgan fingerprint density at radius 3 is 2.35 bits per heavy atom. The molecule has 0 spiro atoms. The average molecular weight is 330 g/mol. The molecule has 0 aliphatic heterocycles. The molecule has 23 heavy (non-hydrogen) atoms. The zero-order chi connectivity index (χ0) is 16.5. The summed E-state index contributed by atoms with van der Waals surface area (Å²) in [6, 6.07) is 17.7. The van der Waals surface area contributed by atoms with Crippen LogP contribution in [-0.2, 0) is 6.54 Å². The molecule has 0 aliphatic rings.